The normalized spacial score (nSPS) is 19.5. The summed E-state index contributed by atoms with van der Waals surface area (Å²) in [6.45, 7) is 6.41. The van der Waals surface area contributed by atoms with Crippen LogP contribution in [-0.2, 0) is 9.59 Å². The minimum atomic E-state index is -0.464. The van der Waals surface area contributed by atoms with Crippen molar-refractivity contribution in [3.05, 3.63) is 35.9 Å². The molecule has 2 heterocycles. The first kappa shape index (κ1) is 21.7. The Kier molecular flexibility index (Phi) is 8.58. The van der Waals surface area contributed by atoms with Crippen LogP contribution in [0, 0.1) is 5.92 Å². The first-order valence-corrected chi connectivity index (χ1v) is 10.0. The zero-order valence-corrected chi connectivity index (χ0v) is 17.0. The van der Waals surface area contributed by atoms with Gasteiger partial charge in [-0.1, -0.05) is 37.3 Å². The second-order valence-electron chi connectivity index (χ2n) is 7.43. The summed E-state index contributed by atoms with van der Waals surface area (Å²) in [6.07, 6.45) is 4.54. The summed E-state index contributed by atoms with van der Waals surface area (Å²) in [4.78, 5) is 29.7. The predicted octanol–water partition coefficient (Wildman–Crippen LogP) is 3.01. The molecule has 27 heavy (non-hydrogen) atoms. The molecule has 2 amide bonds. The summed E-state index contributed by atoms with van der Waals surface area (Å²) in [5, 5.41) is 3.41. The zero-order chi connectivity index (χ0) is 18.4. The quantitative estimate of drug-likeness (QED) is 0.808. The van der Waals surface area contributed by atoms with Crippen LogP contribution in [0.25, 0.3) is 0 Å². The number of hydrogen-bond donors (Lipinski definition) is 1. The van der Waals surface area contributed by atoms with Crippen LogP contribution in [-0.4, -0.2) is 54.3 Å². The Morgan fingerprint density at radius 1 is 1.15 bits per heavy atom. The van der Waals surface area contributed by atoms with Crippen LogP contribution >= 0.6 is 12.4 Å². The van der Waals surface area contributed by atoms with Gasteiger partial charge in [-0.25, -0.2) is 0 Å². The van der Waals surface area contributed by atoms with Gasteiger partial charge in [-0.3, -0.25) is 9.59 Å². The molecule has 3 rings (SSSR count). The van der Waals surface area contributed by atoms with Gasteiger partial charge < -0.3 is 15.1 Å². The molecule has 6 heteroatoms. The molecule has 150 valence electrons. The van der Waals surface area contributed by atoms with Crippen molar-refractivity contribution < 1.29 is 9.59 Å². The molecule has 2 aliphatic heterocycles. The molecule has 2 aliphatic rings. The lowest BCUT2D eigenvalue weighted by atomic mass is 9.94. The van der Waals surface area contributed by atoms with Crippen LogP contribution in [0.3, 0.4) is 0 Å². The Hall–Kier alpha value is -1.59. The van der Waals surface area contributed by atoms with Crippen molar-refractivity contribution in [3.63, 3.8) is 0 Å². The van der Waals surface area contributed by atoms with Gasteiger partial charge in [-0.15, -0.1) is 12.4 Å². The van der Waals surface area contributed by atoms with E-state index in [1.807, 2.05) is 40.1 Å². The van der Waals surface area contributed by atoms with Gasteiger partial charge in [0.2, 0.25) is 11.8 Å². The lowest BCUT2D eigenvalue weighted by molar-refractivity contribution is -0.148. The van der Waals surface area contributed by atoms with Crippen molar-refractivity contribution >= 4 is 24.2 Å². The zero-order valence-electron chi connectivity index (χ0n) is 16.2. The molecule has 1 N–H and O–H groups in total. The lowest BCUT2D eigenvalue weighted by Crippen LogP contribution is -2.49. The third kappa shape index (κ3) is 5.45. The van der Waals surface area contributed by atoms with E-state index < -0.39 is 6.04 Å². The highest BCUT2D eigenvalue weighted by atomic mass is 35.5. The average Bonchev–Trinajstić information content (AvgIpc) is 2.69. The number of benzene rings is 1. The molecule has 2 fully saturated rings. The number of halogens is 1. The molecule has 1 aromatic carbocycles. The molecule has 0 spiro atoms. The summed E-state index contributed by atoms with van der Waals surface area (Å²) in [6, 6.07) is 9.34. The number of nitrogens with one attached hydrogen (secondary N) is 1. The van der Waals surface area contributed by atoms with Crippen molar-refractivity contribution in [1.82, 2.24) is 15.1 Å². The molecule has 5 nitrogen and oxygen atoms in total. The van der Waals surface area contributed by atoms with Crippen molar-refractivity contribution in [2.75, 3.05) is 32.7 Å². The van der Waals surface area contributed by atoms with Gasteiger partial charge in [0.05, 0.1) is 0 Å². The van der Waals surface area contributed by atoms with Crippen LogP contribution in [0.5, 0.6) is 0 Å². The topological polar surface area (TPSA) is 52.7 Å². The fraction of sp³-hybridized carbons (Fsp3) is 0.619. The average molecular weight is 394 g/mol. The van der Waals surface area contributed by atoms with E-state index in [0.29, 0.717) is 18.9 Å². The van der Waals surface area contributed by atoms with Crippen LogP contribution in [0.2, 0.25) is 0 Å². The first-order chi connectivity index (χ1) is 12.7. The number of piperidine rings is 2. The number of amides is 2. The van der Waals surface area contributed by atoms with E-state index in [-0.39, 0.29) is 24.2 Å². The first-order valence-electron chi connectivity index (χ1n) is 10.0. The molecule has 0 saturated carbocycles. The Labute approximate surface area is 168 Å². The van der Waals surface area contributed by atoms with Gasteiger partial charge in [0.25, 0.3) is 0 Å². The third-order valence-corrected chi connectivity index (χ3v) is 5.63. The van der Waals surface area contributed by atoms with Crippen LogP contribution in [0.15, 0.2) is 30.3 Å². The van der Waals surface area contributed by atoms with E-state index in [1.165, 1.54) is 0 Å². The highest BCUT2D eigenvalue weighted by Gasteiger charge is 2.36. The number of carbonyl (C=O) groups excluding carboxylic acids is 2. The Morgan fingerprint density at radius 3 is 2.48 bits per heavy atom. The summed E-state index contributed by atoms with van der Waals surface area (Å²) >= 11 is 0. The van der Waals surface area contributed by atoms with E-state index in [0.717, 1.165) is 57.4 Å². The molecular weight excluding hydrogens is 362 g/mol. The van der Waals surface area contributed by atoms with Gasteiger partial charge in [0.1, 0.15) is 6.04 Å². The molecule has 0 radical (unpaired) electrons. The molecule has 0 aliphatic carbocycles. The highest BCUT2D eigenvalue weighted by Crippen LogP contribution is 2.29. The number of nitrogens with zero attached hydrogens (tertiary/aromatic N) is 2. The number of likely N-dealkylation sites (tertiary alicyclic amines) is 2. The van der Waals surface area contributed by atoms with Gasteiger partial charge in [0, 0.05) is 26.1 Å². The largest absolute Gasteiger partial charge is 0.341 e. The maximum Gasteiger partial charge on any atom is 0.250 e. The van der Waals surface area contributed by atoms with Gasteiger partial charge in [-0.2, -0.15) is 0 Å². The molecule has 2 saturated heterocycles. The van der Waals surface area contributed by atoms with E-state index in [9.17, 15) is 9.59 Å². The van der Waals surface area contributed by atoms with Gasteiger partial charge >= 0.3 is 0 Å². The van der Waals surface area contributed by atoms with E-state index in [1.54, 1.807) is 0 Å². The standard InChI is InChI=1S/C21H31N3O2.ClH/c1-2-22-16-17-11-14-23(15-12-17)21(26)20(18-8-4-3-5-9-18)24-13-7-6-10-19(24)25;/h3-5,8-9,17,20,22H,2,6-7,10-16H2,1H3;1H. The second kappa shape index (κ2) is 10.7. The maximum absolute atomic E-state index is 13.4. The number of rotatable bonds is 6. The monoisotopic (exact) mass is 393 g/mol. The van der Waals surface area contributed by atoms with Gasteiger partial charge in [-0.05, 0) is 50.3 Å². The minimum absolute atomic E-state index is 0. The Bertz CT molecular complexity index is 603. The Morgan fingerprint density at radius 2 is 1.85 bits per heavy atom. The molecular formula is C21H32ClN3O2. The third-order valence-electron chi connectivity index (χ3n) is 5.63. The van der Waals surface area contributed by atoms with Crippen molar-refractivity contribution in [2.24, 2.45) is 5.92 Å². The van der Waals surface area contributed by atoms with Crippen LogP contribution in [0.4, 0.5) is 0 Å². The fourth-order valence-electron chi connectivity index (χ4n) is 4.07. The Balaban J connectivity index is 0.00000261. The predicted molar refractivity (Wildman–Crippen MR) is 110 cm³/mol. The molecule has 1 aromatic rings. The minimum Gasteiger partial charge on any atom is -0.341 e. The molecule has 1 atom stereocenters. The van der Waals surface area contributed by atoms with E-state index >= 15 is 0 Å². The molecule has 1 unspecified atom stereocenters. The van der Waals surface area contributed by atoms with E-state index in [4.69, 9.17) is 0 Å². The summed E-state index contributed by atoms with van der Waals surface area (Å²) < 4.78 is 0. The SMILES string of the molecule is CCNCC1CCN(C(=O)C(c2ccccc2)N2CCCCC2=O)CC1.Cl. The summed E-state index contributed by atoms with van der Waals surface area (Å²) in [7, 11) is 0. The molecule has 0 aromatic heterocycles. The molecule has 0 bridgehead atoms. The van der Waals surface area contributed by atoms with Crippen LogP contribution < -0.4 is 5.32 Å². The lowest BCUT2D eigenvalue weighted by Gasteiger charge is -2.39. The maximum atomic E-state index is 13.4. The second-order valence-corrected chi connectivity index (χ2v) is 7.43. The summed E-state index contributed by atoms with van der Waals surface area (Å²) in [5.74, 6) is 0.847. The van der Waals surface area contributed by atoms with Crippen molar-refractivity contribution in [3.8, 4) is 0 Å². The fourth-order valence-corrected chi connectivity index (χ4v) is 4.07. The van der Waals surface area contributed by atoms with Gasteiger partial charge in [0.15, 0.2) is 0 Å². The number of carbonyl (C=O) groups is 2. The van der Waals surface area contributed by atoms with Crippen molar-refractivity contribution in [2.45, 2.75) is 45.1 Å². The smallest absolute Gasteiger partial charge is 0.250 e. The van der Waals surface area contributed by atoms with Crippen molar-refractivity contribution in [1.29, 1.82) is 0 Å². The van der Waals surface area contributed by atoms with E-state index in [2.05, 4.69) is 12.2 Å². The highest BCUT2D eigenvalue weighted by molar-refractivity contribution is 5.89. The van der Waals surface area contributed by atoms with Crippen LogP contribution in [0.1, 0.15) is 50.6 Å². The summed E-state index contributed by atoms with van der Waals surface area (Å²) in [5.41, 5.74) is 0.933. The number of hydrogen-bond acceptors (Lipinski definition) is 3.